The van der Waals surface area contributed by atoms with Crippen LogP contribution < -0.4 is 10.1 Å². The van der Waals surface area contributed by atoms with Crippen LogP contribution in [0.4, 0.5) is 5.69 Å². The van der Waals surface area contributed by atoms with Crippen molar-refractivity contribution in [3.63, 3.8) is 0 Å². The summed E-state index contributed by atoms with van der Waals surface area (Å²) < 4.78 is 31.3. The molecule has 0 aliphatic heterocycles. The van der Waals surface area contributed by atoms with E-state index in [9.17, 15) is 13.2 Å². The number of anilines is 1. The van der Waals surface area contributed by atoms with Crippen molar-refractivity contribution in [3.05, 3.63) is 52.0 Å². The first-order chi connectivity index (χ1) is 12.5. The normalized spacial score (nSPS) is 12.7. The van der Waals surface area contributed by atoms with Crippen molar-refractivity contribution in [2.45, 2.75) is 24.8 Å². The van der Waals surface area contributed by atoms with E-state index in [1.54, 1.807) is 32.0 Å². The lowest BCUT2D eigenvalue weighted by Gasteiger charge is -2.18. The third kappa shape index (κ3) is 5.13. The molecule has 0 radical (unpaired) electrons. The van der Waals surface area contributed by atoms with Gasteiger partial charge in [-0.2, -0.15) is 0 Å². The number of hydrogen-bond donors (Lipinski definition) is 1. The summed E-state index contributed by atoms with van der Waals surface area (Å²) in [5.41, 5.74) is 1.11. The minimum atomic E-state index is -3.61. The molecule has 0 bridgehead atoms. The van der Waals surface area contributed by atoms with Gasteiger partial charge in [0.25, 0.3) is 5.91 Å². The highest BCUT2D eigenvalue weighted by atomic mass is 35.5. The summed E-state index contributed by atoms with van der Waals surface area (Å²) in [4.78, 5) is 12.6. The monoisotopic (exact) mass is 430 g/mol. The van der Waals surface area contributed by atoms with Gasteiger partial charge in [-0.3, -0.25) is 4.79 Å². The van der Waals surface area contributed by atoms with Crippen LogP contribution in [0.25, 0.3) is 0 Å². The van der Waals surface area contributed by atoms with E-state index in [1.165, 1.54) is 32.3 Å². The van der Waals surface area contributed by atoms with E-state index in [4.69, 9.17) is 27.9 Å². The Balaban J connectivity index is 2.19. The molecule has 2 aromatic carbocycles. The van der Waals surface area contributed by atoms with E-state index in [1.807, 2.05) is 0 Å². The van der Waals surface area contributed by atoms with Crippen LogP contribution in [0.1, 0.15) is 12.5 Å². The van der Waals surface area contributed by atoms with Crippen LogP contribution in [-0.2, 0) is 14.8 Å². The van der Waals surface area contributed by atoms with Gasteiger partial charge in [0.2, 0.25) is 10.0 Å². The summed E-state index contributed by atoms with van der Waals surface area (Å²) >= 11 is 11.9. The summed E-state index contributed by atoms with van der Waals surface area (Å²) in [6, 6.07) is 9.24. The van der Waals surface area contributed by atoms with E-state index < -0.39 is 22.0 Å². The molecular weight excluding hydrogens is 411 g/mol. The quantitative estimate of drug-likeness (QED) is 0.752. The molecule has 0 saturated heterocycles. The van der Waals surface area contributed by atoms with Crippen LogP contribution in [0.5, 0.6) is 5.75 Å². The molecule has 0 saturated carbocycles. The largest absolute Gasteiger partial charge is 0.479 e. The second-order valence-electron chi connectivity index (χ2n) is 6.09. The molecule has 0 fully saturated rings. The van der Waals surface area contributed by atoms with Gasteiger partial charge in [-0.25, -0.2) is 12.7 Å². The minimum Gasteiger partial charge on any atom is -0.479 e. The van der Waals surface area contributed by atoms with Crippen LogP contribution in [0.2, 0.25) is 10.0 Å². The van der Waals surface area contributed by atoms with Crippen LogP contribution in [0, 0.1) is 6.92 Å². The van der Waals surface area contributed by atoms with Crippen molar-refractivity contribution in [1.29, 1.82) is 0 Å². The Morgan fingerprint density at radius 1 is 1.15 bits per heavy atom. The van der Waals surface area contributed by atoms with Crippen molar-refractivity contribution in [2.75, 3.05) is 19.4 Å². The highest BCUT2D eigenvalue weighted by molar-refractivity contribution is 7.89. The number of nitrogens with zero attached hydrogens (tertiary/aromatic N) is 1. The number of ether oxygens (including phenoxy) is 1. The van der Waals surface area contributed by atoms with E-state index in [0.29, 0.717) is 16.5 Å². The minimum absolute atomic E-state index is 0.0858. The molecule has 0 spiro atoms. The standard InChI is InChI=1S/C18H20Cl2N2O4S/c1-11-5-7-14(27(24,25)22(3)4)10-16(11)21-18(23)12(2)26-17-8-6-13(19)9-15(17)20/h5-10,12H,1-4H3,(H,21,23). The molecule has 1 N–H and O–H groups in total. The number of carbonyl (C=O) groups is 1. The van der Waals surface area contributed by atoms with Crippen LogP contribution in [0.15, 0.2) is 41.3 Å². The molecule has 2 aromatic rings. The maximum Gasteiger partial charge on any atom is 0.265 e. The van der Waals surface area contributed by atoms with Gasteiger partial charge in [-0.1, -0.05) is 29.3 Å². The highest BCUT2D eigenvalue weighted by Gasteiger charge is 2.21. The molecule has 27 heavy (non-hydrogen) atoms. The summed E-state index contributed by atoms with van der Waals surface area (Å²) in [5.74, 6) is -0.118. The van der Waals surface area contributed by atoms with Gasteiger partial charge in [-0.05, 0) is 49.7 Å². The summed E-state index contributed by atoms with van der Waals surface area (Å²) in [6.07, 6.45) is -0.864. The number of carbonyl (C=O) groups excluding carboxylic acids is 1. The molecular formula is C18H20Cl2N2O4S. The molecule has 9 heteroatoms. The lowest BCUT2D eigenvalue weighted by atomic mass is 10.2. The maximum atomic E-state index is 12.5. The second-order valence-corrected chi connectivity index (χ2v) is 9.08. The Morgan fingerprint density at radius 3 is 2.41 bits per heavy atom. The molecule has 0 aliphatic carbocycles. The average molecular weight is 431 g/mol. The first-order valence-corrected chi connectivity index (χ1v) is 10.2. The number of sulfonamides is 1. The maximum absolute atomic E-state index is 12.5. The highest BCUT2D eigenvalue weighted by Crippen LogP contribution is 2.28. The number of hydrogen-bond acceptors (Lipinski definition) is 4. The summed E-state index contributed by atoms with van der Waals surface area (Å²) in [6.45, 7) is 3.33. The van der Waals surface area contributed by atoms with Gasteiger partial charge in [0.1, 0.15) is 5.75 Å². The third-order valence-corrected chi connectivity index (χ3v) is 6.15. The van der Waals surface area contributed by atoms with Crippen molar-refractivity contribution in [1.82, 2.24) is 4.31 Å². The molecule has 146 valence electrons. The van der Waals surface area contributed by atoms with E-state index in [0.717, 1.165) is 9.87 Å². The first-order valence-electron chi connectivity index (χ1n) is 7.98. The predicted octanol–water partition coefficient (Wildman–Crippen LogP) is 3.96. The molecule has 0 aromatic heterocycles. The number of halogens is 2. The Bertz CT molecular complexity index is 962. The van der Waals surface area contributed by atoms with Crippen molar-refractivity contribution in [2.24, 2.45) is 0 Å². The lowest BCUT2D eigenvalue weighted by Crippen LogP contribution is -2.30. The van der Waals surface area contributed by atoms with Crippen molar-refractivity contribution >= 4 is 44.8 Å². The number of benzene rings is 2. The van der Waals surface area contributed by atoms with Gasteiger partial charge < -0.3 is 10.1 Å². The zero-order chi connectivity index (χ0) is 20.4. The van der Waals surface area contributed by atoms with Crippen LogP contribution >= 0.6 is 23.2 Å². The zero-order valence-electron chi connectivity index (χ0n) is 15.3. The van der Waals surface area contributed by atoms with Crippen LogP contribution in [-0.4, -0.2) is 38.8 Å². The Hall–Kier alpha value is -1.80. The molecule has 6 nitrogen and oxygen atoms in total. The Kier molecular flexibility index (Phi) is 6.75. The Morgan fingerprint density at radius 2 is 1.81 bits per heavy atom. The fraction of sp³-hybridized carbons (Fsp3) is 0.278. The molecule has 0 heterocycles. The van der Waals surface area contributed by atoms with E-state index in [-0.39, 0.29) is 9.92 Å². The summed E-state index contributed by atoms with van der Waals surface area (Å²) in [7, 11) is -0.722. The van der Waals surface area contributed by atoms with Gasteiger partial charge in [0, 0.05) is 24.8 Å². The van der Waals surface area contributed by atoms with Crippen molar-refractivity contribution in [3.8, 4) is 5.75 Å². The predicted molar refractivity (Wildman–Crippen MR) is 107 cm³/mol. The molecule has 1 amide bonds. The molecule has 0 aliphatic rings. The first kappa shape index (κ1) is 21.5. The van der Waals surface area contributed by atoms with Gasteiger partial charge >= 0.3 is 0 Å². The van der Waals surface area contributed by atoms with E-state index >= 15 is 0 Å². The van der Waals surface area contributed by atoms with Gasteiger partial charge in [-0.15, -0.1) is 0 Å². The molecule has 1 atom stereocenters. The Labute approximate surface area is 169 Å². The zero-order valence-corrected chi connectivity index (χ0v) is 17.6. The number of aryl methyl sites for hydroxylation is 1. The third-order valence-electron chi connectivity index (χ3n) is 3.81. The van der Waals surface area contributed by atoms with Gasteiger partial charge in [0.05, 0.1) is 9.92 Å². The smallest absolute Gasteiger partial charge is 0.265 e. The number of nitrogens with one attached hydrogen (secondary N) is 1. The second kappa shape index (κ2) is 8.48. The number of amides is 1. The van der Waals surface area contributed by atoms with E-state index in [2.05, 4.69) is 5.32 Å². The summed E-state index contributed by atoms with van der Waals surface area (Å²) in [5, 5.41) is 3.44. The molecule has 1 unspecified atom stereocenters. The topological polar surface area (TPSA) is 75.7 Å². The average Bonchev–Trinajstić information content (AvgIpc) is 2.58. The fourth-order valence-corrected chi connectivity index (χ4v) is 3.54. The van der Waals surface area contributed by atoms with Crippen molar-refractivity contribution < 1.29 is 17.9 Å². The fourth-order valence-electron chi connectivity index (χ4n) is 2.16. The van der Waals surface area contributed by atoms with Gasteiger partial charge in [0.15, 0.2) is 6.10 Å². The van der Waals surface area contributed by atoms with Crippen LogP contribution in [0.3, 0.4) is 0 Å². The number of rotatable bonds is 6. The lowest BCUT2D eigenvalue weighted by molar-refractivity contribution is -0.122. The SMILES string of the molecule is Cc1ccc(S(=O)(=O)N(C)C)cc1NC(=O)C(C)Oc1ccc(Cl)cc1Cl. The molecule has 2 rings (SSSR count).